The molecule has 0 radical (unpaired) electrons. The van der Waals surface area contributed by atoms with E-state index >= 15 is 0 Å². The topological polar surface area (TPSA) is 75.8 Å². The zero-order valence-electron chi connectivity index (χ0n) is 7.09. The number of nitrogens with two attached hydrogens (primary N) is 2. The highest BCUT2D eigenvalue weighted by Gasteiger charge is 1.96. The molecule has 1 aromatic carbocycles. The number of nitriles is 1. The molecule has 3 nitrogen and oxygen atoms in total. The molecule has 0 saturated carbocycles. The Morgan fingerprint density at radius 2 is 1.71 bits per heavy atom. The summed E-state index contributed by atoms with van der Waals surface area (Å²) in [5, 5.41) is 9.80. The van der Waals surface area contributed by atoms with Crippen molar-refractivity contribution in [1.82, 2.24) is 0 Å². The lowest BCUT2D eigenvalue weighted by atomic mass is 10.2. The van der Waals surface area contributed by atoms with E-state index in [2.05, 4.69) is 0 Å². The van der Waals surface area contributed by atoms with Crippen molar-refractivity contribution in [1.29, 1.82) is 5.26 Å². The fraction of sp³-hybridized carbons (Fsp3) is 0. The predicted molar refractivity (Wildman–Crippen MR) is 57.3 cm³/mol. The van der Waals surface area contributed by atoms with Crippen LogP contribution in [0.3, 0.4) is 0 Å². The number of halogens is 2. The van der Waals surface area contributed by atoms with Gasteiger partial charge in [0.05, 0.1) is 11.6 Å². The van der Waals surface area contributed by atoms with Gasteiger partial charge in [-0.1, -0.05) is 23.2 Å². The standard InChI is InChI=1S/C9H7Cl2N3/c10-8(13)6-2-1-5(4-12)3-7(6)9(11)14/h1-3H,13-14H2/b8-6-,9-7-. The summed E-state index contributed by atoms with van der Waals surface area (Å²) in [6.07, 6.45) is 0. The van der Waals surface area contributed by atoms with Gasteiger partial charge in [-0.3, -0.25) is 0 Å². The van der Waals surface area contributed by atoms with Crippen molar-refractivity contribution in [3.05, 3.63) is 34.2 Å². The molecule has 0 atom stereocenters. The van der Waals surface area contributed by atoms with Gasteiger partial charge in [0.25, 0.3) is 0 Å². The van der Waals surface area contributed by atoms with Crippen LogP contribution in [0.15, 0.2) is 18.2 Å². The Hall–Kier alpha value is -1.37. The van der Waals surface area contributed by atoms with Gasteiger partial charge in [-0.2, -0.15) is 5.26 Å². The van der Waals surface area contributed by atoms with Crippen LogP contribution in [0.2, 0.25) is 0 Å². The van der Waals surface area contributed by atoms with Crippen LogP contribution in [0.4, 0.5) is 0 Å². The lowest BCUT2D eigenvalue weighted by molar-refractivity contribution is 1.41. The van der Waals surface area contributed by atoms with E-state index in [0.29, 0.717) is 16.0 Å². The fourth-order valence-corrected chi connectivity index (χ4v) is 1.34. The molecule has 1 rings (SSSR count). The van der Waals surface area contributed by atoms with Crippen molar-refractivity contribution in [3.8, 4) is 6.07 Å². The van der Waals surface area contributed by atoms with Crippen molar-refractivity contribution >= 4 is 33.5 Å². The summed E-state index contributed by atoms with van der Waals surface area (Å²) in [6, 6.07) is 6.70. The Kier molecular flexibility index (Phi) is 3.23. The van der Waals surface area contributed by atoms with Crippen LogP contribution < -0.4 is 21.9 Å². The van der Waals surface area contributed by atoms with Gasteiger partial charge in [0, 0.05) is 10.4 Å². The summed E-state index contributed by atoms with van der Waals surface area (Å²) in [5.74, 6) is 0. The maximum Gasteiger partial charge on any atom is 0.107 e. The maximum absolute atomic E-state index is 8.66. The fourth-order valence-electron chi connectivity index (χ4n) is 1.02. The molecule has 0 heterocycles. The van der Waals surface area contributed by atoms with E-state index in [-0.39, 0.29) is 10.3 Å². The van der Waals surface area contributed by atoms with Gasteiger partial charge < -0.3 is 11.5 Å². The second-order valence-electron chi connectivity index (χ2n) is 2.57. The average Bonchev–Trinajstić information content (AvgIpc) is 2.16. The molecule has 14 heavy (non-hydrogen) atoms. The molecule has 0 aliphatic carbocycles. The van der Waals surface area contributed by atoms with Crippen LogP contribution in [-0.4, -0.2) is 0 Å². The molecular formula is C9H7Cl2N3. The third-order valence-electron chi connectivity index (χ3n) is 1.66. The van der Waals surface area contributed by atoms with Crippen molar-refractivity contribution in [2.75, 3.05) is 0 Å². The Bertz CT molecular complexity index is 506. The molecule has 0 unspecified atom stereocenters. The van der Waals surface area contributed by atoms with E-state index in [1.807, 2.05) is 6.07 Å². The number of hydrogen-bond acceptors (Lipinski definition) is 3. The summed E-state index contributed by atoms with van der Waals surface area (Å²) >= 11 is 11.3. The van der Waals surface area contributed by atoms with Crippen LogP contribution in [0.25, 0.3) is 10.3 Å². The molecule has 0 aromatic heterocycles. The van der Waals surface area contributed by atoms with Crippen molar-refractivity contribution in [3.63, 3.8) is 0 Å². The van der Waals surface area contributed by atoms with Crippen molar-refractivity contribution in [2.24, 2.45) is 11.5 Å². The second kappa shape index (κ2) is 4.23. The number of rotatable bonds is 0. The molecule has 1 aromatic rings. The molecule has 0 aliphatic heterocycles. The van der Waals surface area contributed by atoms with Crippen LogP contribution in [0.5, 0.6) is 0 Å². The van der Waals surface area contributed by atoms with E-state index in [1.54, 1.807) is 12.1 Å². The summed E-state index contributed by atoms with van der Waals surface area (Å²) < 4.78 is 0. The Morgan fingerprint density at radius 1 is 1.14 bits per heavy atom. The maximum atomic E-state index is 8.66. The first-order valence-electron chi connectivity index (χ1n) is 3.67. The van der Waals surface area contributed by atoms with E-state index < -0.39 is 0 Å². The minimum atomic E-state index is 0.0562. The second-order valence-corrected chi connectivity index (χ2v) is 3.38. The molecule has 4 N–H and O–H groups in total. The SMILES string of the molecule is N#Cc1ccc(=C(/N)Cl)/c(=C(\N)Cl)c1. The molecule has 5 heteroatoms. The summed E-state index contributed by atoms with van der Waals surface area (Å²) in [4.78, 5) is 0. The van der Waals surface area contributed by atoms with E-state index in [4.69, 9.17) is 39.9 Å². The molecule has 0 amide bonds. The highest BCUT2D eigenvalue weighted by atomic mass is 35.5. The van der Waals surface area contributed by atoms with Gasteiger partial charge in [0.1, 0.15) is 10.3 Å². The quantitative estimate of drug-likeness (QED) is 0.617. The predicted octanol–water partition coefficient (Wildman–Crippen LogP) is 0.0847. The van der Waals surface area contributed by atoms with Crippen molar-refractivity contribution in [2.45, 2.75) is 0 Å². The normalized spacial score (nSPS) is 14.4. The van der Waals surface area contributed by atoms with Gasteiger partial charge in [0.2, 0.25) is 0 Å². The van der Waals surface area contributed by atoms with E-state index in [9.17, 15) is 0 Å². The minimum absolute atomic E-state index is 0.0562. The van der Waals surface area contributed by atoms with E-state index in [1.165, 1.54) is 6.07 Å². The van der Waals surface area contributed by atoms with Crippen molar-refractivity contribution < 1.29 is 0 Å². The first-order valence-corrected chi connectivity index (χ1v) is 4.42. The largest absolute Gasteiger partial charge is 0.389 e. The minimum Gasteiger partial charge on any atom is -0.389 e. The molecule has 0 bridgehead atoms. The Balaban J connectivity index is 3.79. The smallest absolute Gasteiger partial charge is 0.107 e. The molecule has 72 valence electrons. The number of nitrogens with zero attached hydrogens (tertiary/aromatic N) is 1. The monoisotopic (exact) mass is 227 g/mol. The lowest BCUT2D eigenvalue weighted by Crippen LogP contribution is -2.31. The van der Waals surface area contributed by atoms with E-state index in [0.717, 1.165) is 0 Å². The van der Waals surface area contributed by atoms with Gasteiger partial charge in [-0.25, -0.2) is 0 Å². The molecule has 0 aliphatic rings. The Labute approximate surface area is 90.8 Å². The molecule has 0 saturated heterocycles. The van der Waals surface area contributed by atoms with Gasteiger partial charge in [-0.15, -0.1) is 0 Å². The highest BCUT2D eigenvalue weighted by molar-refractivity contribution is 6.45. The average molecular weight is 228 g/mol. The molecule has 0 spiro atoms. The summed E-state index contributed by atoms with van der Waals surface area (Å²) in [6.45, 7) is 0. The third kappa shape index (κ3) is 2.11. The van der Waals surface area contributed by atoms with Crippen LogP contribution in [0, 0.1) is 11.3 Å². The Morgan fingerprint density at radius 3 is 2.14 bits per heavy atom. The summed E-state index contributed by atoms with van der Waals surface area (Å²) in [7, 11) is 0. The number of benzene rings is 1. The first-order chi connectivity index (χ1) is 6.56. The summed E-state index contributed by atoms with van der Waals surface area (Å²) in [5.41, 5.74) is 11.3. The molecular weight excluding hydrogens is 221 g/mol. The zero-order chi connectivity index (χ0) is 10.7. The van der Waals surface area contributed by atoms with Gasteiger partial charge in [-0.05, 0) is 18.2 Å². The van der Waals surface area contributed by atoms with Crippen LogP contribution >= 0.6 is 23.2 Å². The lowest BCUT2D eigenvalue weighted by Gasteiger charge is -1.95. The van der Waals surface area contributed by atoms with Crippen LogP contribution in [0.1, 0.15) is 5.56 Å². The zero-order valence-corrected chi connectivity index (χ0v) is 8.60. The molecule has 0 fully saturated rings. The highest BCUT2D eigenvalue weighted by Crippen LogP contribution is 1.93. The van der Waals surface area contributed by atoms with Gasteiger partial charge >= 0.3 is 0 Å². The first kappa shape index (κ1) is 10.7. The number of hydrogen-bond donors (Lipinski definition) is 2. The third-order valence-corrected chi connectivity index (χ3v) is 2.07. The van der Waals surface area contributed by atoms with Crippen LogP contribution in [-0.2, 0) is 0 Å². The van der Waals surface area contributed by atoms with Gasteiger partial charge in [0.15, 0.2) is 0 Å².